The summed E-state index contributed by atoms with van der Waals surface area (Å²) in [5, 5.41) is 20.0. The standard InChI is InChI=1S/C22H21ClFN5O2/c23-16-7-8-29(22(30)31)21-15-10-26-27-11-18(15)28-20(21)19(16)13-3-1-12(2-4-13)17-6-5-14(24)9-25-17/h5-7,9,11-13,28H,1-4,8,10H2,(H,30,31). The van der Waals surface area contributed by atoms with Gasteiger partial charge in [0.2, 0.25) is 0 Å². The molecule has 0 aromatic carbocycles. The van der Waals surface area contributed by atoms with Crippen molar-refractivity contribution in [3.05, 3.63) is 57.2 Å². The third-order valence-electron chi connectivity index (χ3n) is 6.39. The Hall–Kier alpha value is -3.00. The number of rotatable bonds is 2. The van der Waals surface area contributed by atoms with Crippen LogP contribution >= 0.6 is 11.6 Å². The predicted octanol–water partition coefficient (Wildman–Crippen LogP) is 4.00. The molecule has 0 bridgehead atoms. The van der Waals surface area contributed by atoms with E-state index in [1.54, 1.807) is 18.3 Å². The predicted molar refractivity (Wildman–Crippen MR) is 115 cm³/mol. The number of allylic oxidation sites excluding steroid dienone is 1. The number of carboxylic acid groups (broad SMARTS) is 1. The number of azo groups is 1. The molecule has 0 spiro atoms. The number of carbonyl (C=O) groups is 1. The smallest absolute Gasteiger partial charge is 0.412 e. The summed E-state index contributed by atoms with van der Waals surface area (Å²) in [6.07, 6.45) is 7.23. The molecule has 2 N–H and O–H groups in total. The number of H-pyrrole nitrogens is 1. The average molecular weight is 442 g/mol. The van der Waals surface area contributed by atoms with Crippen LogP contribution in [-0.4, -0.2) is 27.7 Å². The molecule has 7 nitrogen and oxygen atoms in total. The van der Waals surface area contributed by atoms with E-state index in [1.165, 1.54) is 17.2 Å². The van der Waals surface area contributed by atoms with E-state index in [0.717, 1.165) is 53.2 Å². The zero-order valence-electron chi connectivity index (χ0n) is 16.7. The summed E-state index contributed by atoms with van der Waals surface area (Å²) in [6.45, 7) is 0.510. The molecule has 1 amide bonds. The van der Waals surface area contributed by atoms with Crippen LogP contribution in [0, 0.1) is 11.7 Å². The highest BCUT2D eigenvalue weighted by molar-refractivity contribution is 6.36. The van der Waals surface area contributed by atoms with E-state index in [9.17, 15) is 14.3 Å². The van der Waals surface area contributed by atoms with Gasteiger partial charge in [0.25, 0.3) is 0 Å². The van der Waals surface area contributed by atoms with Crippen LogP contribution in [0.2, 0.25) is 0 Å². The van der Waals surface area contributed by atoms with Gasteiger partial charge in [0.15, 0.2) is 0 Å². The van der Waals surface area contributed by atoms with Crippen molar-refractivity contribution in [2.24, 2.45) is 16.1 Å². The Labute approximate surface area is 182 Å². The normalized spacial score (nSPS) is 22.8. The van der Waals surface area contributed by atoms with Crippen LogP contribution in [0.3, 0.4) is 0 Å². The number of pyridine rings is 1. The Bertz CT molecular complexity index is 1210. The molecule has 5 rings (SSSR count). The van der Waals surface area contributed by atoms with E-state index in [4.69, 9.17) is 11.6 Å². The van der Waals surface area contributed by atoms with Gasteiger partial charge in [-0.15, -0.1) is 0 Å². The summed E-state index contributed by atoms with van der Waals surface area (Å²) >= 11 is 6.73. The molecule has 160 valence electrons. The minimum atomic E-state index is -1.03. The fourth-order valence-electron chi connectivity index (χ4n) is 4.89. The van der Waals surface area contributed by atoms with Crippen LogP contribution in [0.5, 0.6) is 0 Å². The van der Waals surface area contributed by atoms with Gasteiger partial charge >= 0.3 is 6.09 Å². The first-order chi connectivity index (χ1) is 15.0. The van der Waals surface area contributed by atoms with Crippen LogP contribution in [0.4, 0.5) is 14.9 Å². The first-order valence-electron chi connectivity index (χ1n) is 10.3. The van der Waals surface area contributed by atoms with Crippen molar-refractivity contribution in [2.45, 2.75) is 38.1 Å². The van der Waals surface area contributed by atoms with Gasteiger partial charge in [-0.1, -0.05) is 11.6 Å². The number of halogens is 2. The van der Waals surface area contributed by atoms with E-state index >= 15 is 0 Å². The van der Waals surface area contributed by atoms with Crippen molar-refractivity contribution in [2.75, 3.05) is 11.4 Å². The fourth-order valence-corrected chi connectivity index (χ4v) is 5.21. The molecule has 0 saturated heterocycles. The Balaban J connectivity index is 1.54. The molecule has 2 aromatic rings. The van der Waals surface area contributed by atoms with Crippen LogP contribution < -0.4 is 15.6 Å². The number of nitrogens with one attached hydrogen (secondary N) is 1. The molecular formula is C22H21ClFN5O2. The van der Waals surface area contributed by atoms with Crippen molar-refractivity contribution in [3.8, 4) is 0 Å². The number of aromatic amines is 1. The van der Waals surface area contributed by atoms with Gasteiger partial charge in [-0.05, 0) is 55.4 Å². The number of fused-ring (bicyclic) bond motifs is 3. The SMILES string of the molecule is O=C(O)N1CC=C(Cl)C(C2CCC(c3ccc(F)cn3)CC2)=c2[nH]c3c(c21)CN=NC=3. The molecule has 9 heteroatoms. The molecule has 4 heterocycles. The van der Waals surface area contributed by atoms with Crippen LogP contribution in [0.15, 0.2) is 39.7 Å². The maximum Gasteiger partial charge on any atom is 0.412 e. The molecule has 1 fully saturated rings. The van der Waals surface area contributed by atoms with Gasteiger partial charge in [0.05, 0.1) is 35.3 Å². The summed E-state index contributed by atoms with van der Waals surface area (Å²) in [5.41, 5.74) is 3.32. The molecule has 0 atom stereocenters. The third-order valence-corrected chi connectivity index (χ3v) is 6.75. The molecule has 2 aliphatic heterocycles. The highest BCUT2D eigenvalue weighted by Crippen LogP contribution is 2.42. The number of nitrogens with zero attached hydrogens (tertiary/aromatic N) is 4. The highest BCUT2D eigenvalue weighted by atomic mass is 35.5. The van der Waals surface area contributed by atoms with E-state index < -0.39 is 6.09 Å². The van der Waals surface area contributed by atoms with Gasteiger partial charge in [-0.25, -0.2) is 9.18 Å². The Kier molecular flexibility index (Phi) is 5.09. The van der Waals surface area contributed by atoms with Crippen molar-refractivity contribution >= 4 is 35.2 Å². The summed E-state index contributed by atoms with van der Waals surface area (Å²) in [5.74, 6) is 0.135. The molecule has 3 aliphatic rings. The molecule has 2 aromatic heterocycles. The molecule has 1 saturated carbocycles. The van der Waals surface area contributed by atoms with Gasteiger partial charge in [0, 0.05) is 28.8 Å². The maximum absolute atomic E-state index is 13.2. The summed E-state index contributed by atoms with van der Waals surface area (Å²) in [7, 11) is 0. The van der Waals surface area contributed by atoms with Gasteiger partial charge in [-0.3, -0.25) is 9.88 Å². The molecule has 0 radical (unpaired) electrons. The number of amides is 1. The lowest BCUT2D eigenvalue weighted by molar-refractivity contribution is 0.202. The molecular weight excluding hydrogens is 421 g/mol. The van der Waals surface area contributed by atoms with E-state index in [1.807, 2.05) is 0 Å². The summed E-state index contributed by atoms with van der Waals surface area (Å²) < 4.78 is 13.2. The fraction of sp³-hybridized carbons (Fsp3) is 0.364. The van der Waals surface area contributed by atoms with Crippen LogP contribution in [0.1, 0.15) is 42.9 Å². The van der Waals surface area contributed by atoms with E-state index in [2.05, 4.69) is 20.2 Å². The lowest BCUT2D eigenvalue weighted by atomic mass is 9.77. The van der Waals surface area contributed by atoms with Gasteiger partial charge in [-0.2, -0.15) is 10.2 Å². The zero-order chi connectivity index (χ0) is 21.5. The summed E-state index contributed by atoms with van der Waals surface area (Å²) in [6, 6.07) is 3.22. The Morgan fingerprint density at radius 3 is 2.71 bits per heavy atom. The number of anilines is 1. The lowest BCUT2D eigenvalue weighted by Crippen LogP contribution is -2.33. The second-order valence-corrected chi connectivity index (χ2v) is 8.50. The van der Waals surface area contributed by atoms with Crippen molar-refractivity contribution in [1.29, 1.82) is 0 Å². The molecule has 0 unspecified atom stereocenters. The number of hydrogen-bond donors (Lipinski definition) is 2. The van der Waals surface area contributed by atoms with Gasteiger partial charge in [0.1, 0.15) is 5.82 Å². The minimum Gasteiger partial charge on any atom is -0.465 e. The highest BCUT2D eigenvalue weighted by Gasteiger charge is 2.32. The first-order valence-corrected chi connectivity index (χ1v) is 10.7. The number of aromatic nitrogens is 2. The number of hydrogen-bond acceptors (Lipinski definition) is 4. The quantitative estimate of drug-likeness (QED) is 0.737. The minimum absolute atomic E-state index is 0.181. The van der Waals surface area contributed by atoms with Crippen molar-refractivity contribution in [3.63, 3.8) is 0 Å². The monoisotopic (exact) mass is 441 g/mol. The Morgan fingerprint density at radius 1 is 1.23 bits per heavy atom. The zero-order valence-corrected chi connectivity index (χ0v) is 17.4. The maximum atomic E-state index is 13.2. The van der Waals surface area contributed by atoms with Gasteiger partial charge < -0.3 is 10.1 Å². The molecule has 1 aliphatic carbocycles. The Morgan fingerprint density at radius 2 is 2.00 bits per heavy atom. The lowest BCUT2D eigenvalue weighted by Gasteiger charge is -2.29. The topological polar surface area (TPSA) is 93.9 Å². The van der Waals surface area contributed by atoms with Crippen molar-refractivity contribution in [1.82, 2.24) is 9.97 Å². The summed E-state index contributed by atoms with van der Waals surface area (Å²) in [4.78, 5) is 21.0. The second kappa shape index (κ2) is 7.92. The largest absolute Gasteiger partial charge is 0.465 e. The first kappa shape index (κ1) is 19.9. The third kappa shape index (κ3) is 3.54. The van der Waals surface area contributed by atoms with Crippen LogP contribution in [-0.2, 0) is 6.54 Å². The van der Waals surface area contributed by atoms with Crippen molar-refractivity contribution < 1.29 is 14.3 Å². The average Bonchev–Trinajstić information content (AvgIpc) is 3.06. The van der Waals surface area contributed by atoms with Crippen LogP contribution in [0.25, 0.3) is 11.8 Å². The second-order valence-electron chi connectivity index (χ2n) is 8.09. The van der Waals surface area contributed by atoms with E-state index in [0.29, 0.717) is 17.3 Å². The van der Waals surface area contributed by atoms with E-state index in [-0.39, 0.29) is 24.2 Å². The molecule has 31 heavy (non-hydrogen) atoms.